The second-order valence-electron chi connectivity index (χ2n) is 5.82. The Hall–Kier alpha value is -3.22. The minimum atomic E-state index is -0.600. The molecule has 136 valence electrons. The fraction of sp³-hybridized carbons (Fsp3) is 0.263. The summed E-state index contributed by atoms with van der Waals surface area (Å²) in [5, 5.41) is 13.6. The summed E-state index contributed by atoms with van der Waals surface area (Å²) < 4.78 is 5.36. The molecule has 1 atom stereocenters. The molecule has 0 aliphatic carbocycles. The van der Waals surface area contributed by atoms with E-state index in [0.29, 0.717) is 12.7 Å². The lowest BCUT2D eigenvalue weighted by molar-refractivity contribution is -0.384. The molecule has 0 spiro atoms. The molecule has 0 aromatic heterocycles. The molecule has 0 unspecified atom stereocenters. The summed E-state index contributed by atoms with van der Waals surface area (Å²) in [7, 11) is 0. The number of aldehydes is 1. The highest BCUT2D eigenvalue weighted by molar-refractivity contribution is 5.82. The molecule has 7 nitrogen and oxygen atoms in total. The molecule has 1 amide bonds. The van der Waals surface area contributed by atoms with Crippen molar-refractivity contribution >= 4 is 17.9 Å². The van der Waals surface area contributed by atoms with E-state index in [1.165, 1.54) is 12.1 Å². The zero-order chi connectivity index (χ0) is 19.1. The quantitative estimate of drug-likeness (QED) is 0.444. The second-order valence-corrected chi connectivity index (χ2v) is 5.82. The van der Waals surface area contributed by atoms with Gasteiger partial charge in [-0.15, -0.1) is 0 Å². The third kappa shape index (κ3) is 4.89. The van der Waals surface area contributed by atoms with E-state index in [1.807, 2.05) is 38.1 Å². The molecule has 1 N–H and O–H groups in total. The summed E-state index contributed by atoms with van der Waals surface area (Å²) in [6.45, 7) is 3.67. The Balaban J connectivity index is 2.00. The van der Waals surface area contributed by atoms with Crippen molar-refractivity contribution in [3.8, 4) is 5.75 Å². The number of carbonyl (C=O) groups excluding carboxylic acids is 2. The molecular formula is C19H20N2O5. The number of ether oxygens (including phenoxy) is 1. The first-order valence-electron chi connectivity index (χ1n) is 8.17. The summed E-state index contributed by atoms with van der Waals surface area (Å²) in [6, 6.07) is 11.4. The number of nitrogens with one attached hydrogen (secondary N) is 1. The van der Waals surface area contributed by atoms with Crippen molar-refractivity contribution in [3.05, 3.63) is 69.3 Å². The zero-order valence-corrected chi connectivity index (χ0v) is 14.6. The van der Waals surface area contributed by atoms with Crippen molar-refractivity contribution < 1.29 is 19.2 Å². The van der Waals surface area contributed by atoms with Crippen molar-refractivity contribution in [1.82, 2.24) is 5.32 Å². The van der Waals surface area contributed by atoms with Gasteiger partial charge in [-0.1, -0.05) is 36.8 Å². The normalized spacial score (nSPS) is 11.5. The van der Waals surface area contributed by atoms with Gasteiger partial charge in [-0.3, -0.25) is 19.7 Å². The van der Waals surface area contributed by atoms with Gasteiger partial charge in [0.05, 0.1) is 16.5 Å². The number of benzene rings is 2. The molecule has 0 saturated heterocycles. The van der Waals surface area contributed by atoms with Gasteiger partial charge >= 0.3 is 0 Å². The van der Waals surface area contributed by atoms with Crippen LogP contribution in [0, 0.1) is 17.0 Å². The van der Waals surface area contributed by atoms with Crippen molar-refractivity contribution in [2.45, 2.75) is 26.3 Å². The molecule has 0 aliphatic heterocycles. The molecule has 7 heteroatoms. The number of carbonyl (C=O) groups is 2. The Morgan fingerprint density at radius 3 is 2.54 bits per heavy atom. The van der Waals surface area contributed by atoms with E-state index in [4.69, 9.17) is 4.74 Å². The lowest BCUT2D eigenvalue weighted by atomic mass is 10.0. The Bertz CT molecular complexity index is 802. The Morgan fingerprint density at radius 2 is 1.96 bits per heavy atom. The lowest BCUT2D eigenvalue weighted by Gasteiger charge is -2.18. The van der Waals surface area contributed by atoms with Crippen LogP contribution in [-0.2, 0) is 4.79 Å². The highest BCUT2D eigenvalue weighted by Crippen LogP contribution is 2.23. The first-order valence-corrected chi connectivity index (χ1v) is 8.17. The van der Waals surface area contributed by atoms with Crippen molar-refractivity contribution in [3.63, 3.8) is 0 Å². The van der Waals surface area contributed by atoms with Crippen LogP contribution in [0.3, 0.4) is 0 Å². The monoisotopic (exact) mass is 356 g/mol. The first kappa shape index (κ1) is 19.1. The molecule has 0 bridgehead atoms. The predicted octanol–water partition coefficient (Wildman–Crippen LogP) is 3.36. The maximum absolute atomic E-state index is 12.2. The van der Waals surface area contributed by atoms with Crippen LogP contribution >= 0.6 is 0 Å². The van der Waals surface area contributed by atoms with Crippen LogP contribution in [-0.4, -0.2) is 23.7 Å². The molecular weight excluding hydrogens is 336 g/mol. The molecule has 2 rings (SSSR count). The number of non-ortho nitro benzene ring substituents is 1. The number of nitro benzene ring substituents is 1. The zero-order valence-electron chi connectivity index (χ0n) is 14.6. The standard InChI is InChI=1S/C19H20N2O5/c1-3-17(14-6-4-13(2)5-7-14)20-19(23)12-26-18-9-8-16(21(24)25)10-15(18)11-22/h4-11,17H,3,12H2,1-2H3,(H,20,23)/t17-/m1/s1. The molecule has 2 aromatic carbocycles. The van der Waals surface area contributed by atoms with Gasteiger partial charge in [-0.05, 0) is 25.0 Å². The van der Waals surface area contributed by atoms with E-state index < -0.39 is 4.92 Å². The van der Waals surface area contributed by atoms with E-state index in [-0.39, 0.29) is 35.6 Å². The summed E-state index contributed by atoms with van der Waals surface area (Å²) >= 11 is 0. The van der Waals surface area contributed by atoms with Crippen LogP contribution in [0.25, 0.3) is 0 Å². The Morgan fingerprint density at radius 1 is 1.27 bits per heavy atom. The van der Waals surface area contributed by atoms with E-state index >= 15 is 0 Å². The van der Waals surface area contributed by atoms with Gasteiger partial charge in [0.15, 0.2) is 12.9 Å². The van der Waals surface area contributed by atoms with Crippen LogP contribution in [0.1, 0.15) is 40.9 Å². The first-order chi connectivity index (χ1) is 12.4. The van der Waals surface area contributed by atoms with Crippen molar-refractivity contribution in [2.24, 2.45) is 0 Å². The van der Waals surface area contributed by atoms with Gasteiger partial charge in [0.25, 0.3) is 11.6 Å². The fourth-order valence-electron chi connectivity index (χ4n) is 2.47. The highest BCUT2D eigenvalue weighted by atomic mass is 16.6. The third-order valence-corrected chi connectivity index (χ3v) is 3.91. The Labute approximate surface area is 151 Å². The topological polar surface area (TPSA) is 98.5 Å². The van der Waals surface area contributed by atoms with E-state index in [1.54, 1.807) is 0 Å². The largest absolute Gasteiger partial charge is 0.483 e. The van der Waals surface area contributed by atoms with E-state index in [2.05, 4.69) is 5.32 Å². The van der Waals surface area contributed by atoms with Crippen LogP contribution < -0.4 is 10.1 Å². The number of nitro groups is 1. The van der Waals surface area contributed by atoms with Gasteiger partial charge < -0.3 is 10.1 Å². The molecule has 0 radical (unpaired) electrons. The van der Waals surface area contributed by atoms with Crippen LogP contribution in [0.5, 0.6) is 5.75 Å². The summed E-state index contributed by atoms with van der Waals surface area (Å²) in [5.41, 5.74) is 1.94. The number of nitrogens with zero attached hydrogens (tertiary/aromatic N) is 1. The highest BCUT2D eigenvalue weighted by Gasteiger charge is 2.15. The fourth-order valence-corrected chi connectivity index (χ4v) is 2.47. The van der Waals surface area contributed by atoms with Gasteiger partial charge in [-0.25, -0.2) is 0 Å². The molecule has 26 heavy (non-hydrogen) atoms. The van der Waals surface area contributed by atoms with Crippen LogP contribution in [0.2, 0.25) is 0 Å². The number of amides is 1. The minimum Gasteiger partial charge on any atom is -0.483 e. The third-order valence-electron chi connectivity index (χ3n) is 3.91. The number of rotatable bonds is 8. The average molecular weight is 356 g/mol. The summed E-state index contributed by atoms with van der Waals surface area (Å²) in [6.07, 6.45) is 1.17. The number of hydrogen-bond donors (Lipinski definition) is 1. The maximum atomic E-state index is 12.2. The molecule has 0 fully saturated rings. The SMILES string of the molecule is CC[C@@H](NC(=O)COc1ccc([N+](=O)[O-])cc1C=O)c1ccc(C)cc1. The molecule has 0 heterocycles. The van der Waals surface area contributed by atoms with Crippen LogP contribution in [0.4, 0.5) is 5.69 Å². The van der Waals surface area contributed by atoms with Gasteiger partial charge in [0.1, 0.15) is 5.75 Å². The minimum absolute atomic E-state index is 0.0255. The van der Waals surface area contributed by atoms with E-state index in [0.717, 1.165) is 17.2 Å². The maximum Gasteiger partial charge on any atom is 0.270 e. The number of hydrogen-bond acceptors (Lipinski definition) is 5. The predicted molar refractivity (Wildman–Crippen MR) is 96.3 cm³/mol. The lowest BCUT2D eigenvalue weighted by Crippen LogP contribution is -2.32. The van der Waals surface area contributed by atoms with Gasteiger partial charge in [0, 0.05) is 12.1 Å². The molecule has 2 aromatic rings. The smallest absolute Gasteiger partial charge is 0.270 e. The van der Waals surface area contributed by atoms with Gasteiger partial charge in [0.2, 0.25) is 0 Å². The van der Waals surface area contributed by atoms with Crippen molar-refractivity contribution in [2.75, 3.05) is 6.61 Å². The molecule has 0 aliphatic rings. The van der Waals surface area contributed by atoms with E-state index in [9.17, 15) is 19.7 Å². The summed E-state index contributed by atoms with van der Waals surface area (Å²) in [4.78, 5) is 33.4. The van der Waals surface area contributed by atoms with Crippen LogP contribution in [0.15, 0.2) is 42.5 Å². The Kier molecular flexibility index (Phi) is 6.43. The van der Waals surface area contributed by atoms with Crippen molar-refractivity contribution in [1.29, 1.82) is 0 Å². The number of aryl methyl sites for hydroxylation is 1. The molecule has 0 saturated carbocycles. The summed E-state index contributed by atoms with van der Waals surface area (Å²) in [5.74, 6) is -0.211. The average Bonchev–Trinajstić information content (AvgIpc) is 2.65. The second kappa shape index (κ2) is 8.75. The van der Waals surface area contributed by atoms with Gasteiger partial charge in [-0.2, -0.15) is 0 Å².